The van der Waals surface area contributed by atoms with Crippen molar-refractivity contribution in [2.75, 3.05) is 0 Å². The Kier molecular flexibility index (Phi) is 13.8. The van der Waals surface area contributed by atoms with Gasteiger partial charge in [-0.05, 0) is 185 Å². The fourth-order valence-corrected chi connectivity index (χ4v) is 20.1. The predicted molar refractivity (Wildman–Crippen MR) is 394 cm³/mol. The van der Waals surface area contributed by atoms with Crippen LogP contribution in [0.4, 0.5) is 0 Å². The molecule has 95 heavy (non-hydrogen) atoms. The van der Waals surface area contributed by atoms with Crippen LogP contribution in [0, 0.1) is 73.0 Å². The number of nitriles is 4. The molecule has 3 aliphatic rings. The topological polar surface area (TPSA) is 147 Å². The van der Waals surface area contributed by atoms with Gasteiger partial charge < -0.3 is 0 Å². The Morgan fingerprint density at radius 3 is 1.23 bits per heavy atom. The first-order valence-electron chi connectivity index (χ1n) is 30.8. The molecule has 8 aromatic carbocycles. The molecular weight excluding hydrogens is 1280 g/mol. The summed E-state index contributed by atoms with van der Waals surface area (Å²) in [4.78, 5) is 6.80. The molecule has 0 saturated heterocycles. The van der Waals surface area contributed by atoms with Gasteiger partial charge in [0.15, 0.2) is 0 Å². The molecule has 17 rings (SSSR count). The van der Waals surface area contributed by atoms with Crippen LogP contribution in [0.3, 0.4) is 0 Å². The Morgan fingerprint density at radius 2 is 0.789 bits per heavy atom. The van der Waals surface area contributed by atoms with Crippen LogP contribution in [0.25, 0.3) is 106 Å². The van der Waals surface area contributed by atoms with Gasteiger partial charge in [-0.15, -0.1) is 45.3 Å². The zero-order chi connectivity index (χ0) is 64.4. The van der Waals surface area contributed by atoms with E-state index in [4.69, 9.17) is 8.75 Å². The second kappa shape index (κ2) is 22.6. The van der Waals surface area contributed by atoms with Crippen molar-refractivity contribution >= 4 is 134 Å². The molecule has 6 heterocycles. The molecule has 6 aromatic heterocycles. The summed E-state index contributed by atoms with van der Waals surface area (Å²) in [5.41, 5.74) is 24.6. The highest BCUT2D eigenvalue weighted by atomic mass is 32.1. The van der Waals surface area contributed by atoms with E-state index in [-0.39, 0.29) is 11.1 Å². The van der Waals surface area contributed by atoms with Crippen molar-refractivity contribution in [3.05, 3.63) is 294 Å². The summed E-state index contributed by atoms with van der Waals surface area (Å²) in [6, 6.07) is 76.6. The summed E-state index contributed by atoms with van der Waals surface area (Å²) in [5.74, 6) is 0. The van der Waals surface area contributed by atoms with Crippen molar-refractivity contribution in [1.29, 1.82) is 21.0 Å². The molecule has 0 spiro atoms. The quantitative estimate of drug-likeness (QED) is 0.123. The maximum Gasteiger partial charge on any atom is 0.130 e. The van der Waals surface area contributed by atoms with Crippen molar-refractivity contribution < 1.29 is 0 Å². The number of hydrogen-bond acceptors (Lipinski definition) is 14. The Balaban J connectivity index is 0.876. The molecule has 0 radical (unpaired) electrons. The van der Waals surface area contributed by atoms with E-state index >= 15 is 0 Å². The lowest BCUT2D eigenvalue weighted by Gasteiger charge is -2.44. The van der Waals surface area contributed by atoms with E-state index in [9.17, 15) is 21.0 Å². The van der Waals surface area contributed by atoms with Crippen LogP contribution in [0.1, 0.15) is 84.3 Å². The van der Waals surface area contributed by atoms with E-state index in [1.165, 1.54) is 119 Å². The lowest BCUT2D eigenvalue weighted by atomic mass is 9.58. The van der Waals surface area contributed by atoms with Crippen molar-refractivity contribution in [3.63, 3.8) is 0 Å². The largest absolute Gasteiger partial charge is 0.192 e. The average molecular weight is 1330 g/mol. The summed E-state index contributed by atoms with van der Waals surface area (Å²) in [7, 11) is 0. The Bertz CT molecular complexity index is 5840. The molecule has 14 heteroatoms. The summed E-state index contributed by atoms with van der Waals surface area (Å²) in [6.07, 6.45) is 9.11. The predicted octanol–water partition coefficient (Wildman–Crippen LogP) is 21.9. The zero-order valence-corrected chi connectivity index (χ0v) is 56.3. The minimum atomic E-state index is -0.724. The van der Waals surface area contributed by atoms with Gasteiger partial charge in [0.25, 0.3) is 0 Å². The molecule has 0 N–H and O–H groups in total. The third-order valence-corrected chi connectivity index (χ3v) is 25.0. The second-order valence-electron chi connectivity index (χ2n) is 24.6. The van der Waals surface area contributed by atoms with Gasteiger partial charge in [0.1, 0.15) is 57.5 Å². The maximum absolute atomic E-state index is 9.56. The third kappa shape index (κ3) is 9.17. The average Bonchev–Trinajstić information content (AvgIpc) is 1.52. The summed E-state index contributed by atoms with van der Waals surface area (Å²) in [6.45, 7) is 8.71. The van der Waals surface area contributed by atoms with Crippen molar-refractivity contribution in [3.8, 4) is 64.7 Å². The molecule has 3 aliphatic carbocycles. The number of thiophene rings is 4. The van der Waals surface area contributed by atoms with Crippen LogP contribution in [-0.4, -0.2) is 17.5 Å². The SMILES string of the molecule is Cc1ccc(C2(c3ccc(C)cc3)C3=CC4=C(C=C(C3)c3cc5cc(-c6ccc(-c7ccc(C=C(C#N)C#N)c8nsnc78)s6)sc5cc32)C(c2ccc(C)cc2)(c2ccc(C)cc2)c2cc3sc(-c5ccc(-c6ccc(C=C(C#N)C#N)c7nsnc67)s5)cc3cc24)cc1. The van der Waals surface area contributed by atoms with Gasteiger partial charge in [0.2, 0.25) is 0 Å². The van der Waals surface area contributed by atoms with Gasteiger partial charge in [0.05, 0.1) is 34.3 Å². The Labute approximate surface area is 572 Å². The highest BCUT2D eigenvalue weighted by Gasteiger charge is 2.52. The second-order valence-corrected chi connectivity index (χ2v) is 30.0. The molecule has 448 valence electrons. The number of aromatic nitrogens is 4. The van der Waals surface area contributed by atoms with E-state index < -0.39 is 10.8 Å². The fraction of sp³-hybridized carbons (Fsp3) is 0.0864. The van der Waals surface area contributed by atoms with E-state index in [1.54, 1.807) is 34.8 Å². The van der Waals surface area contributed by atoms with Crippen LogP contribution in [-0.2, 0) is 10.8 Å². The first-order valence-corrected chi connectivity index (χ1v) is 35.5. The lowest BCUT2D eigenvalue weighted by molar-refractivity contribution is 0.693. The molecule has 8 nitrogen and oxygen atoms in total. The first-order chi connectivity index (χ1) is 46.4. The van der Waals surface area contributed by atoms with Crippen molar-refractivity contribution in [2.45, 2.75) is 44.9 Å². The minimum absolute atomic E-state index is 0.0203. The molecular formula is C81H48N8S6. The van der Waals surface area contributed by atoms with Crippen LogP contribution in [0.5, 0.6) is 0 Å². The van der Waals surface area contributed by atoms with Gasteiger partial charge in [-0.1, -0.05) is 156 Å². The molecule has 0 amide bonds. The Morgan fingerprint density at radius 1 is 0.389 bits per heavy atom. The number of allylic oxidation sites excluding steroid dienone is 8. The molecule has 0 aliphatic heterocycles. The van der Waals surface area contributed by atoms with Crippen molar-refractivity contribution in [1.82, 2.24) is 17.5 Å². The van der Waals surface area contributed by atoms with Crippen LogP contribution >= 0.6 is 68.8 Å². The monoisotopic (exact) mass is 1320 g/mol. The van der Waals surface area contributed by atoms with E-state index in [0.29, 0.717) is 22.2 Å². The van der Waals surface area contributed by atoms with Crippen molar-refractivity contribution in [2.24, 2.45) is 0 Å². The minimum Gasteiger partial charge on any atom is -0.192 e. The maximum atomic E-state index is 9.56. The van der Waals surface area contributed by atoms with Gasteiger partial charge in [0, 0.05) is 60.9 Å². The number of hydrogen-bond donors (Lipinski definition) is 0. The standard InChI is InChI=1S/C81H48N8S6/c1-44-5-15-55(16-6-44)80(56-17-7-45(2)8-18-56)59-31-52(62-32-53-35-74(92-72(53)38-66(62)80)70-27-25-68(90-70)60-23-13-50(29-48(40-82)41-83)76-78(60)88-94-86-76)34-65-64(37-59)63-33-54-36-75(71-28-26-69(91-71)61-24-14-51(30-49(42-84)43-85)77-79(61)89-95-87-77)93-73(54)39-67(63)81(65,57-19-9-46(3)10-20-57)58-21-11-47(4)12-22-58/h5-30,32-39H,31H2,1-4H3. The smallest absolute Gasteiger partial charge is 0.130 e. The van der Waals surface area contributed by atoms with Gasteiger partial charge in [-0.2, -0.15) is 38.5 Å². The molecule has 0 fully saturated rings. The molecule has 0 unspecified atom stereocenters. The van der Waals surface area contributed by atoms with E-state index in [0.717, 1.165) is 71.5 Å². The number of rotatable bonds is 10. The first kappa shape index (κ1) is 58.2. The number of nitrogens with zero attached hydrogens (tertiary/aromatic N) is 8. The summed E-state index contributed by atoms with van der Waals surface area (Å²) < 4.78 is 21.1. The number of benzene rings is 8. The zero-order valence-electron chi connectivity index (χ0n) is 51.4. The van der Waals surface area contributed by atoms with Crippen LogP contribution in [0.2, 0.25) is 0 Å². The fourth-order valence-electron chi connectivity index (χ4n) is 14.6. The molecule has 2 bridgehead atoms. The highest BCUT2D eigenvalue weighted by molar-refractivity contribution is 7.27. The molecule has 0 atom stereocenters. The van der Waals surface area contributed by atoms with Gasteiger partial charge >= 0.3 is 0 Å². The van der Waals surface area contributed by atoms with Gasteiger partial charge in [-0.3, -0.25) is 0 Å². The third-order valence-electron chi connectivity index (χ3n) is 19.1. The lowest BCUT2D eigenvalue weighted by Crippen LogP contribution is -2.36. The van der Waals surface area contributed by atoms with E-state index in [2.05, 4.69) is 206 Å². The summed E-state index contributed by atoms with van der Waals surface area (Å²) >= 11 is 9.40. The van der Waals surface area contributed by atoms with E-state index in [1.807, 2.05) is 71.2 Å². The number of fused-ring (bicyclic) bond motifs is 10. The highest BCUT2D eigenvalue weighted by Crippen LogP contribution is 2.63. The normalized spacial score (nSPS) is 14.1. The van der Waals surface area contributed by atoms with Crippen LogP contribution in [0.15, 0.2) is 216 Å². The number of aryl methyl sites for hydroxylation is 4. The molecule has 14 aromatic rings. The summed E-state index contributed by atoms with van der Waals surface area (Å²) in [5, 5.41) is 40.6. The molecule has 0 saturated carbocycles. The van der Waals surface area contributed by atoms with Crippen LogP contribution < -0.4 is 0 Å². The Hall–Kier alpha value is -10.6. The van der Waals surface area contributed by atoms with Gasteiger partial charge in [-0.25, -0.2) is 0 Å².